The van der Waals surface area contributed by atoms with Gasteiger partial charge in [0.1, 0.15) is 16.7 Å². The second-order valence-corrected chi connectivity index (χ2v) is 8.08. The largest absolute Gasteiger partial charge is 0.444 e. The van der Waals surface area contributed by atoms with Crippen molar-refractivity contribution in [3.63, 3.8) is 0 Å². The molecule has 0 aliphatic carbocycles. The number of aromatic nitrogens is 1. The van der Waals surface area contributed by atoms with Gasteiger partial charge in [0.2, 0.25) is 0 Å². The van der Waals surface area contributed by atoms with Gasteiger partial charge in [0.15, 0.2) is 0 Å². The molecule has 2 rings (SSSR count). The van der Waals surface area contributed by atoms with Gasteiger partial charge < -0.3 is 9.64 Å². The molecule has 1 atom stereocenters. The second kappa shape index (κ2) is 7.09. The molecule has 0 radical (unpaired) electrons. The smallest absolute Gasteiger partial charge is 0.410 e. The van der Waals surface area contributed by atoms with Crippen LogP contribution in [-0.2, 0) is 15.5 Å². The summed E-state index contributed by atoms with van der Waals surface area (Å²) in [6.07, 6.45) is 2.42. The van der Waals surface area contributed by atoms with E-state index in [0.29, 0.717) is 36.5 Å². The third-order valence-electron chi connectivity index (χ3n) is 3.48. The average molecular weight is 335 g/mol. The number of hydrogen-bond acceptors (Lipinski definition) is 5. The van der Waals surface area contributed by atoms with Crippen LogP contribution >= 0.6 is 0 Å². The molecule has 7 heteroatoms. The van der Waals surface area contributed by atoms with Gasteiger partial charge in [-0.3, -0.25) is 4.21 Å². The number of carbonyl (C=O) groups excluding carboxylic acids is 1. The van der Waals surface area contributed by atoms with Gasteiger partial charge in [-0.25, -0.2) is 9.78 Å². The zero-order valence-electron chi connectivity index (χ0n) is 13.6. The third-order valence-corrected chi connectivity index (χ3v) is 5.26. The van der Waals surface area contributed by atoms with Crippen LogP contribution in [-0.4, -0.2) is 44.1 Å². The van der Waals surface area contributed by atoms with Gasteiger partial charge in [-0.15, -0.1) is 0 Å². The molecule has 1 amide bonds. The highest BCUT2D eigenvalue weighted by Crippen LogP contribution is 2.23. The molecule has 1 aromatic rings. The summed E-state index contributed by atoms with van der Waals surface area (Å²) >= 11 is 0. The first-order chi connectivity index (χ1) is 10.8. The number of carbonyl (C=O) groups is 1. The molecular weight excluding hydrogens is 314 g/mol. The van der Waals surface area contributed by atoms with Gasteiger partial charge in [-0.2, -0.15) is 5.26 Å². The number of rotatable bonds is 2. The van der Waals surface area contributed by atoms with Gasteiger partial charge in [0.05, 0.1) is 16.4 Å². The van der Waals surface area contributed by atoms with Gasteiger partial charge in [0, 0.05) is 24.5 Å². The highest BCUT2D eigenvalue weighted by atomic mass is 32.2. The van der Waals surface area contributed by atoms with Crippen LogP contribution in [0, 0.1) is 11.3 Å². The van der Waals surface area contributed by atoms with Gasteiger partial charge in [-0.1, -0.05) is 0 Å². The van der Waals surface area contributed by atoms with Crippen molar-refractivity contribution in [2.45, 2.75) is 49.5 Å². The Bertz CT molecular complexity index is 641. The quantitative estimate of drug-likeness (QED) is 0.829. The normalized spacial score (nSPS) is 17.4. The van der Waals surface area contributed by atoms with Crippen LogP contribution in [0.4, 0.5) is 4.79 Å². The number of ether oxygens (including phenoxy) is 1. The van der Waals surface area contributed by atoms with Crippen LogP contribution < -0.4 is 0 Å². The zero-order chi connectivity index (χ0) is 17.0. The number of nitrogens with zero attached hydrogens (tertiary/aromatic N) is 3. The fourth-order valence-electron chi connectivity index (χ4n) is 2.37. The first-order valence-corrected chi connectivity index (χ1v) is 8.77. The van der Waals surface area contributed by atoms with E-state index in [1.165, 1.54) is 0 Å². The Balaban J connectivity index is 1.98. The molecule has 0 unspecified atom stereocenters. The summed E-state index contributed by atoms with van der Waals surface area (Å²) in [7, 11) is -1.34. The maximum Gasteiger partial charge on any atom is 0.410 e. The Morgan fingerprint density at radius 1 is 1.43 bits per heavy atom. The van der Waals surface area contributed by atoms with Crippen molar-refractivity contribution in [3.05, 3.63) is 23.9 Å². The zero-order valence-corrected chi connectivity index (χ0v) is 14.4. The lowest BCUT2D eigenvalue weighted by Gasteiger charge is -2.33. The van der Waals surface area contributed by atoms with Gasteiger partial charge in [-0.05, 0) is 45.7 Å². The molecule has 0 aromatic carbocycles. The lowest BCUT2D eigenvalue weighted by Crippen LogP contribution is -2.43. The van der Waals surface area contributed by atoms with Crippen molar-refractivity contribution in [1.29, 1.82) is 5.26 Å². The number of pyridine rings is 1. The Morgan fingerprint density at radius 3 is 2.65 bits per heavy atom. The van der Waals surface area contributed by atoms with E-state index < -0.39 is 16.4 Å². The van der Waals surface area contributed by atoms with Crippen LogP contribution in [0.5, 0.6) is 0 Å². The summed E-state index contributed by atoms with van der Waals surface area (Å²) in [5, 5.41) is 9.33. The van der Waals surface area contributed by atoms with Crippen LogP contribution in [0.1, 0.15) is 39.2 Å². The summed E-state index contributed by atoms with van der Waals surface area (Å²) in [5.41, 5.74) is -0.174. The second-order valence-electron chi connectivity index (χ2n) is 6.43. The lowest BCUT2D eigenvalue weighted by molar-refractivity contribution is 0.0218. The van der Waals surface area contributed by atoms with Crippen molar-refractivity contribution in [2.75, 3.05) is 13.1 Å². The molecule has 0 saturated carbocycles. The van der Waals surface area contributed by atoms with E-state index in [1.54, 1.807) is 23.2 Å². The van der Waals surface area contributed by atoms with E-state index in [4.69, 9.17) is 10.00 Å². The SMILES string of the molecule is CC(C)(C)OC(=O)N1CCC([S@@](=O)c2ncccc2C#N)CC1. The van der Waals surface area contributed by atoms with E-state index in [0.717, 1.165) is 0 Å². The number of likely N-dealkylation sites (tertiary alicyclic amines) is 1. The van der Waals surface area contributed by atoms with Crippen molar-refractivity contribution in [1.82, 2.24) is 9.88 Å². The Labute approximate surface area is 138 Å². The van der Waals surface area contributed by atoms with E-state index in [9.17, 15) is 9.00 Å². The average Bonchev–Trinajstić information content (AvgIpc) is 2.52. The predicted molar refractivity (Wildman–Crippen MR) is 86.2 cm³/mol. The fraction of sp³-hybridized carbons (Fsp3) is 0.562. The third kappa shape index (κ3) is 4.52. The van der Waals surface area contributed by atoms with E-state index in [1.807, 2.05) is 26.8 Å². The molecule has 1 aliphatic rings. The lowest BCUT2D eigenvalue weighted by atomic mass is 10.1. The predicted octanol–water partition coefficient (Wildman–Crippen LogP) is 2.46. The van der Waals surface area contributed by atoms with Crippen LogP contribution in [0.2, 0.25) is 0 Å². The number of piperidine rings is 1. The molecule has 0 spiro atoms. The molecule has 2 heterocycles. The Morgan fingerprint density at radius 2 is 2.09 bits per heavy atom. The first-order valence-electron chi connectivity index (χ1n) is 7.55. The maximum absolute atomic E-state index is 12.6. The van der Waals surface area contributed by atoms with Crippen molar-refractivity contribution in [2.24, 2.45) is 0 Å². The Kier molecular flexibility index (Phi) is 5.37. The standard InChI is InChI=1S/C16H21N3O3S/c1-16(2,3)22-15(20)19-9-6-13(7-10-19)23(21)14-12(11-17)5-4-8-18-14/h4-5,8,13H,6-7,9-10H2,1-3H3/t23-/m1/s1. The molecule has 0 bridgehead atoms. The number of amides is 1. The minimum absolute atomic E-state index is 0.101. The molecular formula is C16H21N3O3S. The molecule has 1 saturated heterocycles. The van der Waals surface area contributed by atoms with Crippen molar-refractivity contribution >= 4 is 16.9 Å². The summed E-state index contributed by atoms with van der Waals surface area (Å²) in [6.45, 7) is 6.49. The highest BCUT2D eigenvalue weighted by Gasteiger charge is 2.30. The number of hydrogen-bond donors (Lipinski definition) is 0. The van der Waals surface area contributed by atoms with Crippen molar-refractivity contribution in [3.8, 4) is 6.07 Å². The van der Waals surface area contributed by atoms with Gasteiger partial charge >= 0.3 is 6.09 Å². The molecule has 6 nitrogen and oxygen atoms in total. The molecule has 1 aromatic heterocycles. The Hall–Kier alpha value is -1.94. The topological polar surface area (TPSA) is 83.3 Å². The minimum atomic E-state index is -1.34. The van der Waals surface area contributed by atoms with Crippen molar-refractivity contribution < 1.29 is 13.7 Å². The molecule has 1 aliphatic heterocycles. The highest BCUT2D eigenvalue weighted by molar-refractivity contribution is 7.85. The van der Waals surface area contributed by atoms with Crippen LogP contribution in [0.3, 0.4) is 0 Å². The molecule has 124 valence electrons. The van der Waals surface area contributed by atoms with Crippen LogP contribution in [0.25, 0.3) is 0 Å². The van der Waals surface area contributed by atoms with Gasteiger partial charge in [0.25, 0.3) is 0 Å². The number of nitriles is 1. The molecule has 0 N–H and O–H groups in total. The summed E-state index contributed by atoms with van der Waals surface area (Å²) in [4.78, 5) is 17.8. The molecule has 1 fully saturated rings. The summed E-state index contributed by atoms with van der Waals surface area (Å²) < 4.78 is 18.0. The summed E-state index contributed by atoms with van der Waals surface area (Å²) in [5.74, 6) is 0. The maximum atomic E-state index is 12.6. The molecule has 23 heavy (non-hydrogen) atoms. The first kappa shape index (κ1) is 17.4. The minimum Gasteiger partial charge on any atom is -0.444 e. The summed E-state index contributed by atoms with van der Waals surface area (Å²) in [6, 6.07) is 5.31. The van der Waals surface area contributed by atoms with Crippen LogP contribution in [0.15, 0.2) is 23.4 Å². The fourth-order valence-corrected chi connectivity index (χ4v) is 3.82. The van der Waals surface area contributed by atoms with E-state index >= 15 is 0 Å². The van der Waals surface area contributed by atoms with E-state index in [-0.39, 0.29) is 11.3 Å². The van der Waals surface area contributed by atoms with E-state index in [2.05, 4.69) is 4.98 Å². The monoisotopic (exact) mass is 335 g/mol.